The minimum atomic E-state index is 0.101. The Bertz CT molecular complexity index is 711. The number of halogens is 1. The molecule has 0 atom stereocenters. The quantitative estimate of drug-likeness (QED) is 0.646. The highest BCUT2D eigenvalue weighted by atomic mass is 35.5. The molecule has 24 heavy (non-hydrogen) atoms. The Balaban J connectivity index is 1.62. The Kier molecular flexibility index (Phi) is 5.27. The number of hydrogen-bond acceptors (Lipinski definition) is 6. The number of hydrogen-bond donors (Lipinski definition) is 1. The lowest BCUT2D eigenvalue weighted by molar-refractivity contribution is -0.129. The van der Waals surface area contributed by atoms with E-state index in [0.717, 1.165) is 31.7 Å². The standard InChI is InChI=1S/C15H19ClN6OS/c1-20-6-8-21(9-7-20)13(23)10-24-15-19-18-14(22(15)17)11-2-4-12(16)5-3-11/h2-5H,6-10,17H2,1H3. The number of aromatic nitrogens is 3. The highest BCUT2D eigenvalue weighted by Crippen LogP contribution is 2.23. The lowest BCUT2D eigenvalue weighted by atomic mass is 10.2. The molecule has 1 saturated heterocycles. The van der Waals surface area contributed by atoms with Gasteiger partial charge in [-0.25, -0.2) is 4.68 Å². The first-order valence-electron chi connectivity index (χ1n) is 7.60. The summed E-state index contributed by atoms with van der Waals surface area (Å²) in [5.74, 6) is 7.01. The van der Waals surface area contributed by atoms with Crippen molar-refractivity contribution in [1.29, 1.82) is 0 Å². The van der Waals surface area contributed by atoms with E-state index in [9.17, 15) is 4.79 Å². The fourth-order valence-corrected chi connectivity index (χ4v) is 3.33. The van der Waals surface area contributed by atoms with E-state index < -0.39 is 0 Å². The van der Waals surface area contributed by atoms with E-state index >= 15 is 0 Å². The van der Waals surface area contributed by atoms with Crippen LogP contribution in [-0.4, -0.2) is 69.6 Å². The normalized spacial score (nSPS) is 15.7. The highest BCUT2D eigenvalue weighted by molar-refractivity contribution is 7.99. The maximum atomic E-state index is 12.3. The molecule has 1 aliphatic rings. The zero-order valence-electron chi connectivity index (χ0n) is 13.4. The first-order valence-corrected chi connectivity index (χ1v) is 8.96. The van der Waals surface area contributed by atoms with Crippen molar-refractivity contribution >= 4 is 29.3 Å². The van der Waals surface area contributed by atoms with Gasteiger partial charge in [0, 0.05) is 36.8 Å². The number of carbonyl (C=O) groups is 1. The lowest BCUT2D eigenvalue weighted by Crippen LogP contribution is -2.47. The number of nitrogens with two attached hydrogens (primary N) is 1. The van der Waals surface area contributed by atoms with E-state index in [0.29, 0.717) is 21.8 Å². The van der Waals surface area contributed by atoms with E-state index in [1.807, 2.05) is 17.0 Å². The molecule has 0 saturated carbocycles. The Labute approximate surface area is 149 Å². The molecule has 2 N–H and O–H groups in total. The van der Waals surface area contributed by atoms with Crippen LogP contribution in [0.2, 0.25) is 5.02 Å². The fourth-order valence-electron chi connectivity index (χ4n) is 2.44. The van der Waals surface area contributed by atoms with Crippen molar-refractivity contribution in [3.63, 3.8) is 0 Å². The average molecular weight is 367 g/mol. The van der Waals surface area contributed by atoms with Crippen LogP contribution in [-0.2, 0) is 4.79 Å². The molecule has 1 aromatic heterocycles. The van der Waals surface area contributed by atoms with Gasteiger partial charge in [-0.1, -0.05) is 23.4 Å². The van der Waals surface area contributed by atoms with Gasteiger partial charge < -0.3 is 15.6 Å². The van der Waals surface area contributed by atoms with E-state index in [-0.39, 0.29) is 5.91 Å². The summed E-state index contributed by atoms with van der Waals surface area (Å²) in [5.41, 5.74) is 0.826. The van der Waals surface area contributed by atoms with Crippen LogP contribution in [0.15, 0.2) is 29.4 Å². The largest absolute Gasteiger partial charge is 0.339 e. The second-order valence-electron chi connectivity index (χ2n) is 5.66. The predicted molar refractivity (Wildman–Crippen MR) is 95.4 cm³/mol. The maximum Gasteiger partial charge on any atom is 0.233 e. The first-order chi connectivity index (χ1) is 11.5. The van der Waals surface area contributed by atoms with Crippen molar-refractivity contribution in [3.8, 4) is 11.4 Å². The molecule has 0 unspecified atom stereocenters. The van der Waals surface area contributed by atoms with Crippen molar-refractivity contribution in [2.45, 2.75) is 5.16 Å². The molecule has 2 heterocycles. The van der Waals surface area contributed by atoms with Gasteiger partial charge in [-0.2, -0.15) is 0 Å². The topological polar surface area (TPSA) is 80.3 Å². The minimum absolute atomic E-state index is 0.101. The van der Waals surface area contributed by atoms with Crippen molar-refractivity contribution in [1.82, 2.24) is 24.7 Å². The van der Waals surface area contributed by atoms with Crippen LogP contribution < -0.4 is 5.84 Å². The summed E-state index contributed by atoms with van der Waals surface area (Å²) in [4.78, 5) is 16.4. The Hall–Kier alpha value is -1.77. The average Bonchev–Trinajstić information content (AvgIpc) is 2.95. The summed E-state index contributed by atoms with van der Waals surface area (Å²) in [6, 6.07) is 7.21. The molecule has 1 fully saturated rings. The van der Waals surface area contributed by atoms with E-state index in [2.05, 4.69) is 22.1 Å². The van der Waals surface area contributed by atoms with Crippen LogP contribution in [0.1, 0.15) is 0 Å². The zero-order valence-corrected chi connectivity index (χ0v) is 14.9. The monoisotopic (exact) mass is 366 g/mol. The molecule has 0 radical (unpaired) electrons. The molecule has 2 aromatic rings. The summed E-state index contributed by atoms with van der Waals surface area (Å²) in [6.07, 6.45) is 0. The molecule has 128 valence electrons. The van der Waals surface area contributed by atoms with E-state index in [1.54, 1.807) is 12.1 Å². The summed E-state index contributed by atoms with van der Waals surface area (Å²) in [6.45, 7) is 3.34. The number of amides is 1. The second-order valence-corrected chi connectivity index (χ2v) is 7.03. The number of piperazine rings is 1. The Morgan fingerprint density at radius 2 is 1.88 bits per heavy atom. The molecular weight excluding hydrogens is 348 g/mol. The van der Waals surface area contributed by atoms with Crippen LogP contribution in [0.5, 0.6) is 0 Å². The number of carbonyl (C=O) groups excluding carboxylic acids is 1. The number of nitrogen functional groups attached to an aromatic ring is 1. The van der Waals surface area contributed by atoms with Gasteiger partial charge in [0.15, 0.2) is 5.82 Å². The molecule has 3 rings (SSSR count). The van der Waals surface area contributed by atoms with Gasteiger partial charge in [-0.15, -0.1) is 10.2 Å². The molecule has 9 heteroatoms. The number of thioether (sulfide) groups is 1. The maximum absolute atomic E-state index is 12.3. The molecule has 1 aromatic carbocycles. The SMILES string of the molecule is CN1CCN(C(=O)CSc2nnc(-c3ccc(Cl)cc3)n2N)CC1. The zero-order chi connectivity index (χ0) is 17.1. The molecule has 1 aliphatic heterocycles. The lowest BCUT2D eigenvalue weighted by Gasteiger charge is -2.32. The summed E-state index contributed by atoms with van der Waals surface area (Å²) >= 11 is 7.19. The van der Waals surface area contributed by atoms with Gasteiger partial charge in [0.1, 0.15) is 0 Å². The molecule has 0 bridgehead atoms. The van der Waals surface area contributed by atoms with Gasteiger partial charge in [0.05, 0.1) is 5.75 Å². The number of nitrogens with zero attached hydrogens (tertiary/aromatic N) is 5. The van der Waals surface area contributed by atoms with Crippen molar-refractivity contribution < 1.29 is 4.79 Å². The third kappa shape index (κ3) is 3.82. The van der Waals surface area contributed by atoms with Crippen LogP contribution in [0, 0.1) is 0 Å². The van der Waals surface area contributed by atoms with E-state index in [4.69, 9.17) is 17.4 Å². The third-order valence-corrected chi connectivity index (χ3v) is 5.13. The second kappa shape index (κ2) is 7.42. The van der Waals surface area contributed by atoms with Gasteiger partial charge in [-0.3, -0.25) is 4.79 Å². The number of rotatable bonds is 4. The Morgan fingerprint density at radius 3 is 2.54 bits per heavy atom. The summed E-state index contributed by atoms with van der Waals surface area (Å²) in [5, 5.41) is 9.35. The third-order valence-electron chi connectivity index (χ3n) is 3.95. The van der Waals surface area contributed by atoms with Crippen molar-refractivity contribution in [3.05, 3.63) is 29.3 Å². The first kappa shape index (κ1) is 17.1. The fraction of sp³-hybridized carbons (Fsp3) is 0.400. The molecular formula is C15H19ClN6OS. The van der Waals surface area contributed by atoms with Crippen LogP contribution in [0.25, 0.3) is 11.4 Å². The summed E-state index contributed by atoms with van der Waals surface area (Å²) in [7, 11) is 2.06. The van der Waals surface area contributed by atoms with Gasteiger partial charge in [-0.05, 0) is 31.3 Å². The van der Waals surface area contributed by atoms with Crippen LogP contribution in [0.3, 0.4) is 0 Å². The Morgan fingerprint density at radius 1 is 1.21 bits per heavy atom. The molecule has 1 amide bonds. The smallest absolute Gasteiger partial charge is 0.233 e. The van der Waals surface area contributed by atoms with Crippen molar-refractivity contribution in [2.24, 2.45) is 0 Å². The highest BCUT2D eigenvalue weighted by Gasteiger charge is 2.20. The number of likely N-dealkylation sites (N-methyl/N-ethyl adjacent to an activating group) is 1. The van der Waals surface area contributed by atoms with Gasteiger partial charge in [0.25, 0.3) is 0 Å². The molecule has 0 aliphatic carbocycles. The minimum Gasteiger partial charge on any atom is -0.339 e. The van der Waals surface area contributed by atoms with Crippen LogP contribution >= 0.6 is 23.4 Å². The predicted octanol–water partition coefficient (Wildman–Crippen LogP) is 1.18. The summed E-state index contributed by atoms with van der Waals surface area (Å²) < 4.78 is 1.41. The van der Waals surface area contributed by atoms with Crippen LogP contribution in [0.4, 0.5) is 0 Å². The molecule has 7 nitrogen and oxygen atoms in total. The van der Waals surface area contributed by atoms with E-state index in [1.165, 1.54) is 16.4 Å². The molecule has 0 spiro atoms. The van der Waals surface area contributed by atoms with Gasteiger partial charge >= 0.3 is 0 Å². The van der Waals surface area contributed by atoms with Gasteiger partial charge in [0.2, 0.25) is 11.1 Å². The van der Waals surface area contributed by atoms with Crippen molar-refractivity contribution in [2.75, 3.05) is 44.8 Å². The number of benzene rings is 1.